The van der Waals surface area contributed by atoms with Crippen molar-refractivity contribution in [2.45, 2.75) is 52.7 Å². The smallest absolute Gasteiger partial charge is 0.245 e. The van der Waals surface area contributed by atoms with Crippen LogP contribution in [-0.4, -0.2) is 64.7 Å². The van der Waals surface area contributed by atoms with Crippen molar-refractivity contribution >= 4 is 23.1 Å². The molecule has 0 radical (unpaired) electrons. The molecule has 1 saturated heterocycles. The number of fused-ring (bicyclic) bond motifs is 1. The van der Waals surface area contributed by atoms with Crippen LogP contribution in [-0.2, 0) is 22.5 Å². The minimum absolute atomic E-state index is 0.0626. The number of hydrogen-bond acceptors (Lipinski definition) is 5. The fourth-order valence-corrected chi connectivity index (χ4v) is 4.66. The summed E-state index contributed by atoms with van der Waals surface area (Å²) in [6, 6.07) is 10.9. The molecule has 1 aliphatic heterocycles. The summed E-state index contributed by atoms with van der Waals surface area (Å²) in [7, 11) is 1.64. The van der Waals surface area contributed by atoms with Crippen molar-refractivity contribution in [3.63, 3.8) is 0 Å². The summed E-state index contributed by atoms with van der Waals surface area (Å²) in [5, 5.41) is 2.60. The average Bonchev–Trinajstić information content (AvgIpc) is 3.22. The Hall–Kier alpha value is -3.03. The minimum Gasteiger partial charge on any atom is -0.368 e. The Labute approximate surface area is 208 Å². The summed E-state index contributed by atoms with van der Waals surface area (Å²) >= 11 is 0. The van der Waals surface area contributed by atoms with E-state index in [9.17, 15) is 4.79 Å². The molecular formula is C28H37N5O2. The zero-order valence-corrected chi connectivity index (χ0v) is 21.4. The number of likely N-dealkylation sites (N-methyl/N-ethyl adjacent to an activating group) is 1. The molecule has 35 heavy (non-hydrogen) atoms. The van der Waals surface area contributed by atoms with E-state index < -0.39 is 0 Å². The van der Waals surface area contributed by atoms with Crippen LogP contribution in [0, 0.1) is 13.8 Å². The second-order valence-electron chi connectivity index (χ2n) is 9.35. The highest BCUT2D eigenvalue weighted by molar-refractivity contribution is 5.77. The Morgan fingerprint density at radius 3 is 2.60 bits per heavy atom. The maximum atomic E-state index is 11.3. The summed E-state index contributed by atoms with van der Waals surface area (Å²) in [6.45, 7) is 10.1. The van der Waals surface area contributed by atoms with Gasteiger partial charge < -0.3 is 14.6 Å². The van der Waals surface area contributed by atoms with E-state index >= 15 is 0 Å². The van der Waals surface area contributed by atoms with Gasteiger partial charge in [0.25, 0.3) is 0 Å². The maximum Gasteiger partial charge on any atom is 0.245 e. The van der Waals surface area contributed by atoms with E-state index in [-0.39, 0.29) is 18.6 Å². The van der Waals surface area contributed by atoms with Crippen LogP contribution in [0.25, 0.3) is 17.2 Å². The molecule has 4 rings (SSSR count). The number of aryl methyl sites for hydroxylation is 3. The van der Waals surface area contributed by atoms with Crippen LogP contribution >= 0.6 is 0 Å². The molecule has 7 heteroatoms. The fraction of sp³-hybridized carbons (Fsp3) is 0.464. The van der Waals surface area contributed by atoms with Gasteiger partial charge in [0.2, 0.25) is 5.91 Å². The third-order valence-corrected chi connectivity index (χ3v) is 6.68. The van der Waals surface area contributed by atoms with Crippen LogP contribution in [0.2, 0.25) is 0 Å². The molecule has 1 fully saturated rings. The number of carbonyl (C=O) groups excluding carboxylic acids is 1. The molecule has 3 heterocycles. The van der Waals surface area contributed by atoms with Crippen molar-refractivity contribution < 1.29 is 9.53 Å². The molecule has 7 nitrogen and oxygen atoms in total. The lowest BCUT2D eigenvalue weighted by Gasteiger charge is -2.30. The van der Waals surface area contributed by atoms with Crippen molar-refractivity contribution in [2.75, 3.05) is 33.3 Å². The number of ether oxygens (including phenoxy) is 1. The Morgan fingerprint density at radius 2 is 1.91 bits per heavy atom. The van der Waals surface area contributed by atoms with E-state index in [4.69, 9.17) is 14.7 Å². The van der Waals surface area contributed by atoms with Gasteiger partial charge in [0.05, 0.1) is 12.6 Å². The molecule has 3 aromatic rings. The second-order valence-corrected chi connectivity index (χ2v) is 9.35. The molecule has 0 atom stereocenters. The van der Waals surface area contributed by atoms with Gasteiger partial charge in [-0.25, -0.2) is 9.97 Å². The Kier molecular flexibility index (Phi) is 8.31. The number of nitrogens with one attached hydrogen (secondary N) is 1. The summed E-state index contributed by atoms with van der Waals surface area (Å²) in [5.41, 5.74) is 6.65. The standard InChI is InChI=1S/C28H37N5O2/c1-5-25-31-27-20(2)17-21(3)30-28(27)33(25)18-23-10-8-22(9-11-23)7-6-14-32-15-12-24(13-16-32)35-19-26(34)29-4/h6-11,17,24H,5,12-16,18-19H2,1-4H3,(H,29,34)/b7-6+. The summed E-state index contributed by atoms with van der Waals surface area (Å²) in [6.07, 6.45) is 7.42. The number of aromatic nitrogens is 3. The molecule has 1 amide bonds. The number of rotatable bonds is 9. The summed E-state index contributed by atoms with van der Waals surface area (Å²) in [4.78, 5) is 23.4. The highest BCUT2D eigenvalue weighted by atomic mass is 16.5. The van der Waals surface area contributed by atoms with E-state index in [1.165, 1.54) is 16.7 Å². The number of likely N-dealkylation sites (tertiary alicyclic amines) is 1. The number of imidazole rings is 1. The van der Waals surface area contributed by atoms with Gasteiger partial charge in [-0.15, -0.1) is 0 Å². The largest absolute Gasteiger partial charge is 0.368 e. The third-order valence-electron chi connectivity index (χ3n) is 6.68. The van der Waals surface area contributed by atoms with Crippen molar-refractivity contribution in [1.29, 1.82) is 0 Å². The van der Waals surface area contributed by atoms with Crippen molar-refractivity contribution in [2.24, 2.45) is 0 Å². The highest BCUT2D eigenvalue weighted by Crippen LogP contribution is 2.21. The van der Waals surface area contributed by atoms with Gasteiger partial charge in [-0.05, 0) is 49.4 Å². The lowest BCUT2D eigenvalue weighted by atomic mass is 10.1. The van der Waals surface area contributed by atoms with E-state index in [1.54, 1.807) is 7.05 Å². The van der Waals surface area contributed by atoms with Crippen molar-refractivity contribution in [3.8, 4) is 0 Å². The van der Waals surface area contributed by atoms with Crippen LogP contribution in [0.4, 0.5) is 0 Å². The first kappa shape index (κ1) is 25.1. The Balaban J connectivity index is 1.31. The number of amides is 1. The Morgan fingerprint density at radius 1 is 1.17 bits per heavy atom. The number of nitrogens with zero attached hydrogens (tertiary/aromatic N) is 4. The molecule has 1 aromatic carbocycles. The quantitative estimate of drug-likeness (QED) is 0.508. The molecule has 1 N–H and O–H groups in total. The molecule has 0 unspecified atom stereocenters. The zero-order valence-electron chi connectivity index (χ0n) is 21.4. The second kappa shape index (κ2) is 11.6. The first-order chi connectivity index (χ1) is 17.0. The van der Waals surface area contributed by atoms with Gasteiger partial charge in [0, 0.05) is 38.8 Å². The van der Waals surface area contributed by atoms with Crippen LogP contribution in [0.1, 0.15) is 48.0 Å². The number of carbonyl (C=O) groups is 1. The van der Waals surface area contributed by atoms with Crippen LogP contribution in [0.3, 0.4) is 0 Å². The van der Waals surface area contributed by atoms with Crippen molar-refractivity contribution in [3.05, 3.63) is 64.6 Å². The highest BCUT2D eigenvalue weighted by Gasteiger charge is 2.19. The molecule has 186 valence electrons. The molecule has 1 aliphatic rings. The summed E-state index contributed by atoms with van der Waals surface area (Å²) < 4.78 is 7.94. The predicted octanol–water partition coefficient (Wildman–Crippen LogP) is 3.90. The molecule has 0 spiro atoms. The number of piperidine rings is 1. The van der Waals surface area contributed by atoms with Gasteiger partial charge in [0.1, 0.15) is 17.9 Å². The van der Waals surface area contributed by atoms with Crippen LogP contribution in [0.15, 0.2) is 36.4 Å². The molecule has 0 aliphatic carbocycles. The van der Waals surface area contributed by atoms with Crippen LogP contribution < -0.4 is 5.32 Å². The van der Waals surface area contributed by atoms with Crippen LogP contribution in [0.5, 0.6) is 0 Å². The maximum absolute atomic E-state index is 11.3. The van der Waals surface area contributed by atoms with E-state index in [1.807, 2.05) is 6.92 Å². The monoisotopic (exact) mass is 475 g/mol. The lowest BCUT2D eigenvalue weighted by molar-refractivity contribution is -0.128. The number of pyridine rings is 1. The fourth-order valence-electron chi connectivity index (χ4n) is 4.66. The Bertz CT molecular complexity index is 1170. The number of benzene rings is 1. The predicted molar refractivity (Wildman–Crippen MR) is 140 cm³/mol. The average molecular weight is 476 g/mol. The molecular weight excluding hydrogens is 438 g/mol. The van der Waals surface area contributed by atoms with Gasteiger partial charge in [-0.2, -0.15) is 0 Å². The molecule has 0 saturated carbocycles. The SMILES string of the molecule is CCc1nc2c(C)cc(C)nc2n1Cc1ccc(/C=C/CN2CCC(OCC(=O)NC)CC2)cc1. The normalized spacial score (nSPS) is 15.3. The van der Waals surface area contributed by atoms with Crippen molar-refractivity contribution in [1.82, 2.24) is 24.8 Å². The first-order valence-corrected chi connectivity index (χ1v) is 12.6. The topological polar surface area (TPSA) is 72.3 Å². The number of hydrogen-bond donors (Lipinski definition) is 1. The van der Waals surface area contributed by atoms with E-state index in [2.05, 4.69) is 71.1 Å². The molecule has 2 aromatic heterocycles. The van der Waals surface area contributed by atoms with Gasteiger partial charge >= 0.3 is 0 Å². The van der Waals surface area contributed by atoms with E-state index in [0.29, 0.717) is 0 Å². The summed E-state index contributed by atoms with van der Waals surface area (Å²) in [5.74, 6) is 1.01. The van der Waals surface area contributed by atoms with Gasteiger partial charge in [0.15, 0.2) is 5.65 Å². The third kappa shape index (κ3) is 6.35. The first-order valence-electron chi connectivity index (χ1n) is 12.6. The minimum atomic E-state index is -0.0626. The van der Waals surface area contributed by atoms with Gasteiger partial charge in [-0.3, -0.25) is 9.69 Å². The van der Waals surface area contributed by atoms with Gasteiger partial charge in [-0.1, -0.05) is 43.3 Å². The molecule has 0 bridgehead atoms. The van der Waals surface area contributed by atoms with E-state index in [0.717, 1.165) is 68.1 Å². The zero-order chi connectivity index (χ0) is 24.8. The lowest BCUT2D eigenvalue weighted by Crippen LogP contribution is -2.38.